The van der Waals surface area contributed by atoms with Crippen LogP contribution in [0.2, 0.25) is 0 Å². The van der Waals surface area contributed by atoms with Gasteiger partial charge in [-0.1, -0.05) is 15.9 Å². The van der Waals surface area contributed by atoms with Gasteiger partial charge in [0.25, 0.3) is 0 Å². The molecule has 2 nitrogen and oxygen atoms in total. The minimum atomic E-state index is 0.604. The molecule has 8 heavy (non-hydrogen) atoms. The Balaban J connectivity index is 2.30. The van der Waals surface area contributed by atoms with Crippen LogP contribution < -0.4 is 11.1 Å². The average Bonchev–Trinajstić information content (AvgIpc) is 2.14. The molecule has 1 fully saturated rings. The van der Waals surface area contributed by atoms with E-state index in [1.807, 2.05) is 0 Å². The third-order valence-corrected chi connectivity index (χ3v) is 2.63. The van der Waals surface area contributed by atoms with E-state index in [9.17, 15) is 0 Å². The zero-order valence-electron chi connectivity index (χ0n) is 4.73. The smallest absolute Gasteiger partial charge is 0.0323 e. The van der Waals surface area contributed by atoms with Crippen LogP contribution in [-0.2, 0) is 0 Å². The lowest BCUT2D eigenvalue weighted by atomic mass is 10.1. The number of halogens is 1. The molecule has 1 aliphatic rings. The summed E-state index contributed by atoms with van der Waals surface area (Å²) in [5.74, 6) is 0.648. The van der Waals surface area contributed by atoms with Crippen molar-refractivity contribution in [2.75, 3.05) is 19.6 Å². The van der Waals surface area contributed by atoms with Crippen LogP contribution >= 0.6 is 15.9 Å². The van der Waals surface area contributed by atoms with Gasteiger partial charge in [0.15, 0.2) is 0 Å². The van der Waals surface area contributed by atoms with Crippen molar-refractivity contribution in [1.29, 1.82) is 0 Å². The van der Waals surface area contributed by atoms with Crippen LogP contribution in [-0.4, -0.2) is 24.5 Å². The summed E-state index contributed by atoms with van der Waals surface area (Å²) in [6, 6.07) is 0. The highest BCUT2D eigenvalue weighted by molar-refractivity contribution is 9.09. The van der Waals surface area contributed by atoms with E-state index in [1.54, 1.807) is 0 Å². The van der Waals surface area contributed by atoms with Crippen molar-refractivity contribution in [3.05, 3.63) is 0 Å². The number of rotatable bonds is 1. The Labute approximate surface area is 58.0 Å². The van der Waals surface area contributed by atoms with Gasteiger partial charge in [-0.15, -0.1) is 0 Å². The largest absolute Gasteiger partial charge is 0.330 e. The lowest BCUT2D eigenvalue weighted by Gasteiger charge is -2.06. The molecule has 0 spiro atoms. The second kappa shape index (κ2) is 2.80. The molecular weight excluding hydrogens is 168 g/mol. The van der Waals surface area contributed by atoms with Crippen molar-refractivity contribution in [3.8, 4) is 0 Å². The van der Waals surface area contributed by atoms with Crippen LogP contribution in [0.4, 0.5) is 0 Å². The zero-order chi connectivity index (χ0) is 5.98. The summed E-state index contributed by atoms with van der Waals surface area (Å²) < 4.78 is 0. The lowest BCUT2D eigenvalue weighted by Crippen LogP contribution is -2.21. The summed E-state index contributed by atoms with van der Waals surface area (Å²) in [5.41, 5.74) is 5.45. The lowest BCUT2D eigenvalue weighted by molar-refractivity contribution is 0.611. The normalized spacial score (nSPS) is 38.2. The van der Waals surface area contributed by atoms with Gasteiger partial charge >= 0.3 is 0 Å². The Hall–Kier alpha value is 0.400. The molecule has 0 radical (unpaired) electrons. The van der Waals surface area contributed by atoms with Crippen molar-refractivity contribution in [1.82, 2.24) is 5.32 Å². The molecule has 1 saturated heterocycles. The Bertz CT molecular complexity index is 76.8. The van der Waals surface area contributed by atoms with E-state index in [0.29, 0.717) is 10.7 Å². The maximum absolute atomic E-state index is 5.45. The first-order valence-corrected chi connectivity index (χ1v) is 3.81. The highest BCUT2D eigenvalue weighted by atomic mass is 79.9. The Kier molecular flexibility index (Phi) is 2.28. The van der Waals surface area contributed by atoms with Gasteiger partial charge in [0, 0.05) is 17.9 Å². The van der Waals surface area contributed by atoms with Gasteiger partial charge < -0.3 is 11.1 Å². The molecule has 0 aliphatic carbocycles. The molecule has 2 atom stereocenters. The van der Waals surface area contributed by atoms with Gasteiger partial charge in [-0.25, -0.2) is 0 Å². The van der Waals surface area contributed by atoms with Crippen molar-refractivity contribution >= 4 is 15.9 Å². The number of hydrogen-bond donors (Lipinski definition) is 2. The second-order valence-corrected chi connectivity index (χ2v) is 3.35. The predicted octanol–water partition coefficient (Wildman–Crippen LogP) is -0.0720. The van der Waals surface area contributed by atoms with Crippen LogP contribution in [0, 0.1) is 5.92 Å². The minimum absolute atomic E-state index is 0.604. The molecule has 0 aromatic rings. The highest BCUT2D eigenvalue weighted by Gasteiger charge is 2.22. The van der Waals surface area contributed by atoms with Gasteiger partial charge in [-0.3, -0.25) is 0 Å². The number of nitrogens with one attached hydrogen (secondary N) is 1. The van der Waals surface area contributed by atoms with E-state index in [-0.39, 0.29) is 0 Å². The fourth-order valence-corrected chi connectivity index (χ4v) is 1.56. The third-order valence-electron chi connectivity index (χ3n) is 1.56. The molecule has 1 aliphatic heterocycles. The van der Waals surface area contributed by atoms with E-state index in [4.69, 9.17) is 5.73 Å². The van der Waals surface area contributed by atoms with Gasteiger partial charge in [0.1, 0.15) is 0 Å². The molecule has 0 aromatic carbocycles. The van der Waals surface area contributed by atoms with E-state index in [2.05, 4.69) is 21.2 Å². The number of hydrogen-bond acceptors (Lipinski definition) is 2. The van der Waals surface area contributed by atoms with Crippen molar-refractivity contribution in [2.45, 2.75) is 4.83 Å². The standard InChI is InChI=1S/C5H11BrN2/c6-5-3-8-2-4(5)1-7/h4-5,8H,1-3,7H2. The quantitative estimate of drug-likeness (QED) is 0.553. The van der Waals surface area contributed by atoms with Crippen LogP contribution in [0.15, 0.2) is 0 Å². The zero-order valence-corrected chi connectivity index (χ0v) is 6.32. The summed E-state index contributed by atoms with van der Waals surface area (Å²) in [6.45, 7) is 2.94. The molecule has 48 valence electrons. The molecule has 1 heterocycles. The van der Waals surface area contributed by atoms with Gasteiger partial charge in [-0.05, 0) is 12.5 Å². The summed E-state index contributed by atoms with van der Waals surface area (Å²) in [5, 5.41) is 3.25. The maximum Gasteiger partial charge on any atom is 0.0323 e. The SMILES string of the molecule is NCC1CNCC1Br. The fourth-order valence-electron chi connectivity index (χ4n) is 0.932. The average molecular weight is 179 g/mol. The topological polar surface area (TPSA) is 38.0 Å². The first-order chi connectivity index (χ1) is 3.84. The highest BCUT2D eigenvalue weighted by Crippen LogP contribution is 2.14. The molecule has 0 amide bonds. The Morgan fingerprint density at radius 2 is 2.38 bits per heavy atom. The molecule has 0 bridgehead atoms. The van der Waals surface area contributed by atoms with E-state index >= 15 is 0 Å². The van der Waals surface area contributed by atoms with Crippen molar-refractivity contribution in [3.63, 3.8) is 0 Å². The molecule has 3 N–H and O–H groups in total. The summed E-state index contributed by atoms with van der Waals surface area (Å²) >= 11 is 3.52. The summed E-state index contributed by atoms with van der Waals surface area (Å²) in [4.78, 5) is 0.604. The summed E-state index contributed by atoms with van der Waals surface area (Å²) in [6.07, 6.45) is 0. The molecule has 1 rings (SSSR count). The third kappa shape index (κ3) is 1.21. The number of nitrogens with two attached hydrogens (primary N) is 1. The molecular formula is C5H11BrN2. The van der Waals surface area contributed by atoms with Gasteiger partial charge in [-0.2, -0.15) is 0 Å². The van der Waals surface area contributed by atoms with Crippen LogP contribution in [0.25, 0.3) is 0 Å². The van der Waals surface area contributed by atoms with E-state index in [0.717, 1.165) is 19.6 Å². The first-order valence-electron chi connectivity index (χ1n) is 2.89. The molecule has 0 aromatic heterocycles. The second-order valence-electron chi connectivity index (χ2n) is 2.17. The molecule has 0 saturated carbocycles. The monoisotopic (exact) mass is 178 g/mol. The predicted molar refractivity (Wildman–Crippen MR) is 38.1 cm³/mol. The fraction of sp³-hybridized carbons (Fsp3) is 1.00. The van der Waals surface area contributed by atoms with Crippen LogP contribution in [0.1, 0.15) is 0 Å². The van der Waals surface area contributed by atoms with Crippen molar-refractivity contribution in [2.24, 2.45) is 11.7 Å². The first kappa shape index (κ1) is 6.52. The van der Waals surface area contributed by atoms with E-state index < -0.39 is 0 Å². The Morgan fingerprint density at radius 1 is 1.62 bits per heavy atom. The van der Waals surface area contributed by atoms with Crippen LogP contribution in [0.3, 0.4) is 0 Å². The molecule has 2 unspecified atom stereocenters. The van der Waals surface area contributed by atoms with Gasteiger partial charge in [0.05, 0.1) is 0 Å². The number of alkyl halides is 1. The Morgan fingerprint density at radius 3 is 2.62 bits per heavy atom. The summed E-state index contributed by atoms with van der Waals surface area (Å²) in [7, 11) is 0. The minimum Gasteiger partial charge on any atom is -0.330 e. The van der Waals surface area contributed by atoms with Crippen LogP contribution in [0.5, 0.6) is 0 Å². The van der Waals surface area contributed by atoms with Crippen molar-refractivity contribution < 1.29 is 0 Å². The van der Waals surface area contributed by atoms with E-state index in [1.165, 1.54) is 0 Å². The van der Waals surface area contributed by atoms with Gasteiger partial charge in [0.2, 0.25) is 0 Å². The maximum atomic E-state index is 5.45. The molecule has 3 heteroatoms.